The minimum absolute atomic E-state index is 0.122. The highest BCUT2D eigenvalue weighted by Gasteiger charge is 2.33. The Balaban J connectivity index is 1.17. The lowest BCUT2D eigenvalue weighted by molar-refractivity contribution is -0.119. The number of hydrogen-bond donors (Lipinski definition) is 1. The first-order chi connectivity index (χ1) is 17.4. The summed E-state index contributed by atoms with van der Waals surface area (Å²) in [5.74, 6) is 0.0888. The zero-order valence-corrected chi connectivity index (χ0v) is 20.6. The topological polar surface area (TPSA) is 112 Å². The van der Waals surface area contributed by atoms with Crippen LogP contribution < -0.4 is 20.0 Å². The third-order valence-electron chi connectivity index (χ3n) is 7.03. The summed E-state index contributed by atoms with van der Waals surface area (Å²) in [4.78, 5) is 32.9. The van der Waals surface area contributed by atoms with Crippen LogP contribution in [0.3, 0.4) is 0 Å². The number of cyclic esters (lactones) is 1. The summed E-state index contributed by atoms with van der Waals surface area (Å²) in [5, 5.41) is 15.8. The zero-order chi connectivity index (χ0) is 25.2. The van der Waals surface area contributed by atoms with Crippen molar-refractivity contribution < 1.29 is 18.7 Å². The lowest BCUT2D eigenvalue weighted by Crippen LogP contribution is -2.45. The monoisotopic (exact) mass is 501 g/mol. The molecular weight excluding hydrogens is 469 g/mol. The van der Waals surface area contributed by atoms with Crippen LogP contribution >= 0.6 is 0 Å². The van der Waals surface area contributed by atoms with Crippen LogP contribution in [0.5, 0.6) is 0 Å². The maximum absolute atomic E-state index is 15.1. The van der Waals surface area contributed by atoms with Gasteiger partial charge in [-0.3, -0.25) is 9.69 Å². The summed E-state index contributed by atoms with van der Waals surface area (Å²) in [5.41, 5.74) is 0.939. The van der Waals surface area contributed by atoms with E-state index >= 15 is 4.39 Å². The molecule has 2 aromatic rings. The highest BCUT2D eigenvalue weighted by molar-refractivity contribution is 5.90. The first-order valence-electron chi connectivity index (χ1n) is 12.4. The number of ether oxygens (including phenoxy) is 1. The lowest BCUT2D eigenvalue weighted by atomic mass is 10.0. The van der Waals surface area contributed by atoms with Gasteiger partial charge in [0.15, 0.2) is 0 Å². The van der Waals surface area contributed by atoms with Gasteiger partial charge in [0.05, 0.1) is 30.5 Å². The average molecular weight is 502 g/mol. The Bertz CT molecular complexity index is 1100. The molecule has 13 heteroatoms. The van der Waals surface area contributed by atoms with Gasteiger partial charge in [-0.25, -0.2) is 9.18 Å². The van der Waals surface area contributed by atoms with E-state index < -0.39 is 12.2 Å². The van der Waals surface area contributed by atoms with Gasteiger partial charge >= 0.3 is 6.09 Å². The Morgan fingerprint density at radius 2 is 1.89 bits per heavy atom. The second-order valence-electron chi connectivity index (χ2n) is 9.61. The highest BCUT2D eigenvalue weighted by Crippen LogP contribution is 2.31. The molecule has 0 aliphatic carbocycles. The number of amides is 2. The second-order valence-corrected chi connectivity index (χ2v) is 9.61. The molecule has 36 heavy (non-hydrogen) atoms. The van der Waals surface area contributed by atoms with E-state index in [-0.39, 0.29) is 30.9 Å². The average Bonchev–Trinajstić information content (AvgIpc) is 3.50. The van der Waals surface area contributed by atoms with Crippen molar-refractivity contribution in [3.8, 4) is 0 Å². The maximum atomic E-state index is 15.1. The Labute approximate surface area is 208 Å². The molecule has 0 saturated carbocycles. The molecule has 0 radical (unpaired) electrons. The molecule has 1 aromatic heterocycles. The first-order valence-corrected chi connectivity index (χ1v) is 12.4. The first kappa shape index (κ1) is 24.2. The van der Waals surface area contributed by atoms with E-state index in [4.69, 9.17) is 4.74 Å². The number of piperidine rings is 1. The summed E-state index contributed by atoms with van der Waals surface area (Å²) < 4.78 is 20.4. The van der Waals surface area contributed by atoms with Gasteiger partial charge in [-0.2, -0.15) is 4.80 Å². The van der Waals surface area contributed by atoms with Crippen molar-refractivity contribution in [2.45, 2.75) is 31.9 Å². The molecule has 194 valence electrons. The Kier molecular flexibility index (Phi) is 6.90. The Hall–Kier alpha value is -3.48. The smallest absolute Gasteiger partial charge is 0.414 e. The number of hydrogen-bond acceptors (Lipinski definition) is 9. The molecule has 3 saturated heterocycles. The number of rotatable bonds is 6. The molecule has 1 unspecified atom stereocenters. The molecule has 1 aromatic carbocycles. The number of carbonyl (C=O) groups is 2. The molecule has 0 spiro atoms. The fourth-order valence-electron chi connectivity index (χ4n) is 4.86. The number of tetrazole rings is 1. The van der Waals surface area contributed by atoms with E-state index in [2.05, 4.69) is 37.6 Å². The fourth-order valence-corrected chi connectivity index (χ4v) is 4.86. The van der Waals surface area contributed by atoms with Gasteiger partial charge in [0.2, 0.25) is 5.91 Å². The van der Waals surface area contributed by atoms with Crippen LogP contribution in [0.2, 0.25) is 0 Å². The van der Waals surface area contributed by atoms with E-state index in [0.717, 1.165) is 39.0 Å². The van der Waals surface area contributed by atoms with Gasteiger partial charge in [0.1, 0.15) is 11.9 Å². The summed E-state index contributed by atoms with van der Waals surface area (Å²) >= 11 is 0. The SMILES string of the molecule is CC(=O)NCC1CN(c2ccc(N3CCC(n4nnc(N5CCN(C)CC5)n4)CC3)c(F)c2)C(=O)O1. The summed E-state index contributed by atoms with van der Waals surface area (Å²) in [6, 6.07) is 4.93. The Morgan fingerprint density at radius 1 is 1.14 bits per heavy atom. The van der Waals surface area contributed by atoms with Gasteiger partial charge in [0.25, 0.3) is 5.95 Å². The van der Waals surface area contributed by atoms with Crippen LogP contribution in [0.4, 0.5) is 26.5 Å². The van der Waals surface area contributed by atoms with Crippen LogP contribution in [-0.2, 0) is 9.53 Å². The van der Waals surface area contributed by atoms with Crippen LogP contribution in [0.1, 0.15) is 25.8 Å². The largest absolute Gasteiger partial charge is 0.442 e. The number of benzene rings is 1. The number of aromatic nitrogens is 4. The fraction of sp³-hybridized carbons (Fsp3) is 0.609. The van der Waals surface area contributed by atoms with E-state index in [1.165, 1.54) is 17.9 Å². The quantitative estimate of drug-likeness (QED) is 0.616. The maximum Gasteiger partial charge on any atom is 0.414 e. The molecule has 5 rings (SSSR count). The molecule has 1 N–H and O–H groups in total. The standard InChI is InChI=1S/C23H32FN9O3/c1-16(34)25-14-19-15-32(23(35)36-19)18-3-4-21(20(24)13-18)30-7-5-17(6-8-30)33-27-22(26-28-33)31-11-9-29(2)10-12-31/h3-4,13,17,19H,5-12,14-15H2,1-2H3,(H,25,34). The van der Waals surface area contributed by atoms with Crippen molar-refractivity contribution in [3.63, 3.8) is 0 Å². The second kappa shape index (κ2) is 10.2. The van der Waals surface area contributed by atoms with Gasteiger partial charge in [-0.15, -0.1) is 5.10 Å². The van der Waals surface area contributed by atoms with Crippen molar-refractivity contribution in [2.24, 2.45) is 0 Å². The van der Waals surface area contributed by atoms with E-state index in [0.29, 0.717) is 30.4 Å². The minimum Gasteiger partial charge on any atom is -0.442 e. The van der Waals surface area contributed by atoms with Gasteiger partial charge < -0.3 is 24.8 Å². The van der Waals surface area contributed by atoms with E-state index in [1.807, 2.05) is 4.90 Å². The summed E-state index contributed by atoms with van der Waals surface area (Å²) in [6.07, 6.45) is 0.548. The predicted molar refractivity (Wildman–Crippen MR) is 131 cm³/mol. The molecule has 12 nitrogen and oxygen atoms in total. The predicted octanol–water partition coefficient (Wildman–Crippen LogP) is 0.867. The zero-order valence-electron chi connectivity index (χ0n) is 20.6. The van der Waals surface area contributed by atoms with Crippen molar-refractivity contribution in [2.75, 3.05) is 74.1 Å². The van der Waals surface area contributed by atoms with Crippen molar-refractivity contribution in [3.05, 3.63) is 24.0 Å². The molecule has 0 bridgehead atoms. The number of halogens is 1. The highest BCUT2D eigenvalue weighted by atomic mass is 19.1. The molecule has 2 amide bonds. The van der Waals surface area contributed by atoms with E-state index in [1.54, 1.807) is 16.9 Å². The minimum atomic E-state index is -0.547. The Morgan fingerprint density at radius 3 is 2.58 bits per heavy atom. The normalized spacial score (nSPS) is 21.7. The van der Waals surface area contributed by atoms with Gasteiger partial charge in [0, 0.05) is 46.2 Å². The summed E-state index contributed by atoms with van der Waals surface area (Å²) in [7, 11) is 2.11. The van der Waals surface area contributed by atoms with Gasteiger partial charge in [-0.1, -0.05) is 5.10 Å². The number of nitrogens with zero attached hydrogens (tertiary/aromatic N) is 8. The molecule has 1 atom stereocenters. The van der Waals surface area contributed by atoms with Crippen LogP contribution in [0, 0.1) is 5.82 Å². The number of nitrogens with one attached hydrogen (secondary N) is 1. The summed E-state index contributed by atoms with van der Waals surface area (Å²) in [6.45, 7) is 6.95. The van der Waals surface area contributed by atoms with Crippen LogP contribution in [0.25, 0.3) is 0 Å². The van der Waals surface area contributed by atoms with Crippen molar-refractivity contribution >= 4 is 29.3 Å². The third-order valence-corrected chi connectivity index (χ3v) is 7.03. The molecule has 3 aliphatic heterocycles. The van der Waals surface area contributed by atoms with Gasteiger partial charge in [-0.05, 0) is 43.3 Å². The van der Waals surface area contributed by atoms with Crippen LogP contribution in [-0.4, -0.2) is 103 Å². The van der Waals surface area contributed by atoms with Crippen molar-refractivity contribution in [1.82, 2.24) is 30.4 Å². The number of anilines is 3. The van der Waals surface area contributed by atoms with Crippen LogP contribution in [0.15, 0.2) is 18.2 Å². The molecular formula is C23H32FN9O3. The molecule has 3 aliphatic rings. The third kappa shape index (κ3) is 5.20. The number of piperazine rings is 1. The number of likely N-dealkylation sites (N-methyl/N-ethyl adjacent to an activating group) is 1. The molecule has 3 fully saturated rings. The van der Waals surface area contributed by atoms with Crippen molar-refractivity contribution in [1.29, 1.82) is 0 Å². The molecule has 4 heterocycles. The lowest BCUT2D eigenvalue weighted by Gasteiger charge is -2.33. The number of carbonyl (C=O) groups excluding carboxylic acids is 2. The van der Waals surface area contributed by atoms with E-state index in [9.17, 15) is 9.59 Å².